The van der Waals surface area contributed by atoms with E-state index in [1.54, 1.807) is 13.0 Å². The SMILES string of the molecule is CCOC(=O)c1cccc(C)c1NC(=O)C(CC)[N+]1(CC)CCCCCCC1. The first-order chi connectivity index (χ1) is 13.5. The maximum Gasteiger partial charge on any atom is 0.340 e. The van der Waals surface area contributed by atoms with Crippen molar-refractivity contribution >= 4 is 17.6 Å². The average molecular weight is 390 g/mol. The van der Waals surface area contributed by atoms with Gasteiger partial charge in [0.1, 0.15) is 0 Å². The van der Waals surface area contributed by atoms with E-state index < -0.39 is 0 Å². The Hall–Kier alpha value is -1.88. The Kier molecular flexibility index (Phi) is 8.49. The van der Waals surface area contributed by atoms with Crippen LogP contribution in [0.5, 0.6) is 0 Å². The second kappa shape index (κ2) is 10.6. The fourth-order valence-corrected chi connectivity index (χ4v) is 4.58. The minimum absolute atomic E-state index is 0.0183. The first-order valence-corrected chi connectivity index (χ1v) is 10.9. The van der Waals surface area contributed by atoms with E-state index in [0.717, 1.165) is 36.1 Å². The average Bonchev–Trinajstić information content (AvgIpc) is 2.66. The molecular weight excluding hydrogens is 352 g/mol. The summed E-state index contributed by atoms with van der Waals surface area (Å²) in [6.45, 7) is 11.4. The van der Waals surface area contributed by atoms with Crippen LogP contribution in [-0.2, 0) is 9.53 Å². The van der Waals surface area contributed by atoms with E-state index in [9.17, 15) is 9.59 Å². The van der Waals surface area contributed by atoms with Crippen LogP contribution in [0.3, 0.4) is 0 Å². The largest absolute Gasteiger partial charge is 0.462 e. The van der Waals surface area contributed by atoms with E-state index in [2.05, 4.69) is 19.2 Å². The standard InChI is InChI=1S/C23H36N2O3/c1-5-20(25(6-2)16-11-9-8-10-12-17-25)22(26)24-21-18(4)14-13-15-19(21)23(27)28-7-3/h13-15,20H,5-12,16-17H2,1-4H3/p+1. The first kappa shape index (κ1) is 22.4. The molecule has 156 valence electrons. The van der Waals surface area contributed by atoms with Crippen molar-refractivity contribution in [2.24, 2.45) is 0 Å². The highest BCUT2D eigenvalue weighted by Gasteiger charge is 2.39. The van der Waals surface area contributed by atoms with E-state index >= 15 is 0 Å². The molecule has 0 saturated carbocycles. The Morgan fingerprint density at radius 3 is 2.29 bits per heavy atom. The van der Waals surface area contributed by atoms with Gasteiger partial charge in [0, 0.05) is 6.42 Å². The molecule has 1 heterocycles. The van der Waals surface area contributed by atoms with Crippen LogP contribution in [0, 0.1) is 6.92 Å². The number of ether oxygens (including phenoxy) is 1. The predicted octanol–water partition coefficient (Wildman–Crippen LogP) is 4.69. The third-order valence-corrected chi connectivity index (χ3v) is 6.20. The van der Waals surface area contributed by atoms with E-state index in [-0.39, 0.29) is 17.9 Å². The summed E-state index contributed by atoms with van der Waals surface area (Å²) in [5, 5.41) is 3.11. The summed E-state index contributed by atoms with van der Waals surface area (Å²) in [6.07, 6.45) is 6.96. The van der Waals surface area contributed by atoms with Crippen molar-refractivity contribution in [3.05, 3.63) is 29.3 Å². The van der Waals surface area contributed by atoms with Gasteiger partial charge in [0.05, 0.1) is 37.5 Å². The minimum Gasteiger partial charge on any atom is -0.462 e. The Labute approximate surface area is 170 Å². The number of likely N-dealkylation sites (tertiary alicyclic amines) is 1. The number of hydrogen-bond acceptors (Lipinski definition) is 3. The van der Waals surface area contributed by atoms with Gasteiger partial charge < -0.3 is 14.5 Å². The van der Waals surface area contributed by atoms with Gasteiger partial charge in [-0.15, -0.1) is 0 Å². The molecule has 1 N–H and O–H groups in total. The molecule has 0 bridgehead atoms. The van der Waals surface area contributed by atoms with Gasteiger partial charge in [0.15, 0.2) is 6.04 Å². The molecule has 1 atom stereocenters. The molecule has 2 rings (SSSR count). The monoisotopic (exact) mass is 389 g/mol. The number of nitrogens with one attached hydrogen (secondary N) is 1. The highest BCUT2D eigenvalue weighted by Crippen LogP contribution is 2.27. The summed E-state index contributed by atoms with van der Waals surface area (Å²) >= 11 is 0. The lowest BCUT2D eigenvalue weighted by Gasteiger charge is -2.44. The van der Waals surface area contributed by atoms with Gasteiger partial charge in [-0.05, 0) is 58.1 Å². The number of carbonyl (C=O) groups excluding carboxylic acids is 2. The maximum absolute atomic E-state index is 13.4. The molecule has 1 amide bonds. The Bertz CT molecular complexity index is 664. The lowest BCUT2D eigenvalue weighted by Crippen LogP contribution is -2.60. The molecule has 0 spiro atoms. The quantitative estimate of drug-likeness (QED) is 0.544. The zero-order chi connectivity index (χ0) is 20.6. The predicted molar refractivity (Wildman–Crippen MR) is 113 cm³/mol. The Morgan fingerprint density at radius 1 is 1.07 bits per heavy atom. The molecule has 5 heteroatoms. The highest BCUT2D eigenvalue weighted by molar-refractivity contribution is 6.03. The number of para-hydroxylation sites is 1. The number of anilines is 1. The number of quaternary nitrogens is 1. The molecule has 0 radical (unpaired) electrons. The lowest BCUT2D eigenvalue weighted by atomic mass is 10.00. The summed E-state index contributed by atoms with van der Waals surface area (Å²) in [5.74, 6) is -0.370. The van der Waals surface area contributed by atoms with Crippen LogP contribution < -0.4 is 5.32 Å². The van der Waals surface area contributed by atoms with Gasteiger partial charge in [-0.3, -0.25) is 4.79 Å². The van der Waals surface area contributed by atoms with Crippen molar-refractivity contribution in [3.8, 4) is 0 Å². The van der Waals surface area contributed by atoms with Crippen LogP contribution in [0.1, 0.15) is 75.2 Å². The van der Waals surface area contributed by atoms with Crippen molar-refractivity contribution in [2.45, 2.75) is 72.3 Å². The lowest BCUT2D eigenvalue weighted by molar-refractivity contribution is -0.942. The number of carbonyl (C=O) groups is 2. The normalized spacial score (nSPS) is 17.9. The smallest absolute Gasteiger partial charge is 0.340 e. The topological polar surface area (TPSA) is 55.4 Å². The van der Waals surface area contributed by atoms with Crippen LogP contribution >= 0.6 is 0 Å². The third-order valence-electron chi connectivity index (χ3n) is 6.20. The summed E-state index contributed by atoms with van der Waals surface area (Å²) in [7, 11) is 0. The van der Waals surface area contributed by atoms with Crippen molar-refractivity contribution in [1.29, 1.82) is 0 Å². The number of hydrogen-bond donors (Lipinski definition) is 1. The van der Waals surface area contributed by atoms with Gasteiger partial charge in [-0.1, -0.05) is 25.5 Å². The van der Waals surface area contributed by atoms with Crippen LogP contribution in [0.15, 0.2) is 18.2 Å². The van der Waals surface area contributed by atoms with E-state index in [0.29, 0.717) is 17.9 Å². The summed E-state index contributed by atoms with van der Waals surface area (Å²) < 4.78 is 6.04. The molecule has 1 saturated heterocycles. The zero-order valence-corrected chi connectivity index (χ0v) is 18.1. The van der Waals surface area contributed by atoms with Crippen LogP contribution in [0.2, 0.25) is 0 Å². The molecule has 28 heavy (non-hydrogen) atoms. The molecular formula is C23H37N2O3+. The number of aryl methyl sites for hydroxylation is 1. The van der Waals surface area contributed by atoms with Crippen molar-refractivity contribution in [3.63, 3.8) is 0 Å². The molecule has 1 aliphatic rings. The minimum atomic E-state index is -0.389. The van der Waals surface area contributed by atoms with Gasteiger partial charge in [-0.25, -0.2) is 4.79 Å². The van der Waals surface area contributed by atoms with Crippen LogP contribution in [0.25, 0.3) is 0 Å². The zero-order valence-electron chi connectivity index (χ0n) is 18.1. The number of likely N-dealkylation sites (N-methyl/N-ethyl adjacent to an activating group) is 1. The van der Waals surface area contributed by atoms with E-state index in [1.807, 2.05) is 19.1 Å². The van der Waals surface area contributed by atoms with Crippen molar-refractivity contribution in [1.82, 2.24) is 0 Å². The molecule has 1 fully saturated rings. The van der Waals surface area contributed by atoms with Gasteiger partial charge in [0.25, 0.3) is 5.91 Å². The fraction of sp³-hybridized carbons (Fsp3) is 0.652. The van der Waals surface area contributed by atoms with Crippen LogP contribution in [-0.4, -0.2) is 48.6 Å². The summed E-state index contributed by atoms with van der Waals surface area (Å²) in [5.41, 5.74) is 1.90. The van der Waals surface area contributed by atoms with Gasteiger partial charge in [-0.2, -0.15) is 0 Å². The fourth-order valence-electron chi connectivity index (χ4n) is 4.58. The summed E-state index contributed by atoms with van der Waals surface area (Å²) in [4.78, 5) is 25.8. The van der Waals surface area contributed by atoms with Crippen molar-refractivity contribution < 1.29 is 18.8 Å². The molecule has 5 nitrogen and oxygen atoms in total. The molecule has 1 unspecified atom stereocenters. The second-order valence-corrected chi connectivity index (χ2v) is 7.88. The highest BCUT2D eigenvalue weighted by atomic mass is 16.5. The van der Waals surface area contributed by atoms with Crippen LogP contribution in [0.4, 0.5) is 5.69 Å². The molecule has 0 aliphatic carbocycles. The number of rotatable bonds is 7. The first-order valence-electron chi connectivity index (χ1n) is 10.9. The Balaban J connectivity index is 2.30. The molecule has 0 aromatic heterocycles. The number of amides is 1. The number of benzene rings is 1. The second-order valence-electron chi connectivity index (χ2n) is 7.88. The van der Waals surface area contributed by atoms with E-state index in [4.69, 9.17) is 4.74 Å². The Morgan fingerprint density at radius 2 is 1.71 bits per heavy atom. The van der Waals surface area contributed by atoms with Gasteiger partial charge in [0.2, 0.25) is 0 Å². The number of esters is 1. The summed E-state index contributed by atoms with van der Waals surface area (Å²) in [6, 6.07) is 5.37. The number of nitrogens with zero attached hydrogens (tertiary/aromatic N) is 1. The molecule has 1 aliphatic heterocycles. The van der Waals surface area contributed by atoms with Crippen molar-refractivity contribution in [2.75, 3.05) is 31.6 Å². The van der Waals surface area contributed by atoms with E-state index in [1.165, 1.54) is 32.1 Å². The maximum atomic E-state index is 13.4. The molecule has 1 aromatic rings. The molecule has 1 aromatic carbocycles. The third kappa shape index (κ3) is 5.13. The van der Waals surface area contributed by atoms with Gasteiger partial charge >= 0.3 is 5.97 Å².